The van der Waals surface area contributed by atoms with Gasteiger partial charge in [-0.1, -0.05) is 25.2 Å². The highest BCUT2D eigenvalue weighted by atomic mass is 13.9. The fraction of sp³-hybridized carbons (Fsp3) is 0.429. The first kappa shape index (κ1) is 6.48. The van der Waals surface area contributed by atoms with Gasteiger partial charge in [-0.25, -0.2) is 0 Å². The average Bonchev–Trinajstić information content (AvgIpc) is 1.68. The van der Waals surface area contributed by atoms with E-state index in [-0.39, 0.29) is 0 Å². The van der Waals surface area contributed by atoms with E-state index >= 15 is 0 Å². The molecule has 0 heterocycles. The molecule has 0 aliphatic rings. The standard InChI is InChI=1S/C7H11/c1-4-6-7(3)5-2/h5-7H,2H2,1,3H3. The molecule has 0 saturated heterocycles. The SMILES string of the molecule is C=CC(C)/C=[C]/C. The van der Waals surface area contributed by atoms with E-state index in [0.717, 1.165) is 0 Å². The van der Waals surface area contributed by atoms with Crippen LogP contribution in [-0.2, 0) is 0 Å². The molecule has 0 spiro atoms. The molecule has 7 heavy (non-hydrogen) atoms. The van der Waals surface area contributed by atoms with Crippen molar-refractivity contribution in [3.8, 4) is 0 Å². The van der Waals surface area contributed by atoms with E-state index in [2.05, 4.69) is 19.6 Å². The van der Waals surface area contributed by atoms with E-state index in [4.69, 9.17) is 0 Å². The van der Waals surface area contributed by atoms with Crippen molar-refractivity contribution in [1.82, 2.24) is 0 Å². The summed E-state index contributed by atoms with van der Waals surface area (Å²) < 4.78 is 0. The highest BCUT2D eigenvalue weighted by Crippen LogP contribution is 1.94. The molecule has 0 aliphatic carbocycles. The zero-order valence-corrected chi connectivity index (χ0v) is 4.94. The van der Waals surface area contributed by atoms with Crippen LogP contribution in [0.2, 0.25) is 0 Å². The lowest BCUT2D eigenvalue weighted by Gasteiger charge is -1.90. The zero-order valence-electron chi connectivity index (χ0n) is 4.94. The number of rotatable bonds is 2. The Labute approximate surface area is 45.5 Å². The minimum Gasteiger partial charge on any atom is -0.102 e. The Balaban J connectivity index is 3.35. The maximum atomic E-state index is 3.61. The van der Waals surface area contributed by atoms with Crippen LogP contribution >= 0.6 is 0 Å². The number of allylic oxidation sites excluding steroid dienone is 3. The Hall–Kier alpha value is -0.520. The van der Waals surface area contributed by atoms with Crippen LogP contribution < -0.4 is 0 Å². The van der Waals surface area contributed by atoms with Crippen molar-refractivity contribution >= 4 is 0 Å². The normalized spacial score (nSPS) is 14.6. The van der Waals surface area contributed by atoms with Gasteiger partial charge >= 0.3 is 0 Å². The second kappa shape index (κ2) is 3.66. The predicted molar refractivity (Wildman–Crippen MR) is 32.8 cm³/mol. The molecule has 0 heteroatoms. The summed E-state index contributed by atoms with van der Waals surface area (Å²) >= 11 is 0. The Morgan fingerprint density at radius 1 is 1.71 bits per heavy atom. The van der Waals surface area contributed by atoms with E-state index in [9.17, 15) is 0 Å². The molecule has 39 valence electrons. The summed E-state index contributed by atoms with van der Waals surface area (Å²) in [4.78, 5) is 0. The highest BCUT2D eigenvalue weighted by Gasteiger charge is 1.81. The molecular formula is C7H11. The highest BCUT2D eigenvalue weighted by molar-refractivity contribution is 4.89. The van der Waals surface area contributed by atoms with Crippen molar-refractivity contribution in [1.29, 1.82) is 0 Å². The molecule has 0 aromatic rings. The van der Waals surface area contributed by atoms with Gasteiger partial charge in [0.1, 0.15) is 0 Å². The summed E-state index contributed by atoms with van der Waals surface area (Å²) in [6.45, 7) is 7.57. The zero-order chi connectivity index (χ0) is 5.70. The Morgan fingerprint density at radius 2 is 2.29 bits per heavy atom. The lowest BCUT2D eigenvalue weighted by Crippen LogP contribution is -1.77. The molecule has 0 aromatic heterocycles. The molecule has 1 radical (unpaired) electrons. The van der Waals surface area contributed by atoms with Crippen LogP contribution in [0.15, 0.2) is 18.7 Å². The summed E-state index contributed by atoms with van der Waals surface area (Å²) in [7, 11) is 0. The molecule has 1 atom stereocenters. The van der Waals surface area contributed by atoms with Gasteiger partial charge in [0.25, 0.3) is 0 Å². The van der Waals surface area contributed by atoms with Crippen LogP contribution in [-0.4, -0.2) is 0 Å². The minimum absolute atomic E-state index is 0.477. The van der Waals surface area contributed by atoms with E-state index in [1.807, 2.05) is 19.1 Å². The van der Waals surface area contributed by atoms with Crippen molar-refractivity contribution in [2.24, 2.45) is 5.92 Å². The average molecular weight is 95.2 g/mol. The van der Waals surface area contributed by atoms with Crippen molar-refractivity contribution < 1.29 is 0 Å². The topological polar surface area (TPSA) is 0 Å². The van der Waals surface area contributed by atoms with Gasteiger partial charge in [0.2, 0.25) is 0 Å². The van der Waals surface area contributed by atoms with Gasteiger partial charge in [0.15, 0.2) is 0 Å². The fourth-order valence-corrected chi connectivity index (χ4v) is 0.331. The van der Waals surface area contributed by atoms with E-state index in [1.165, 1.54) is 0 Å². The van der Waals surface area contributed by atoms with Gasteiger partial charge < -0.3 is 0 Å². The van der Waals surface area contributed by atoms with Crippen LogP contribution in [0, 0.1) is 12.0 Å². The lowest BCUT2D eigenvalue weighted by atomic mass is 10.2. The molecule has 0 aromatic carbocycles. The maximum absolute atomic E-state index is 3.61. The molecule has 0 nitrogen and oxygen atoms in total. The quantitative estimate of drug-likeness (QED) is 0.461. The molecule has 0 saturated carbocycles. The van der Waals surface area contributed by atoms with Crippen LogP contribution in [0.1, 0.15) is 13.8 Å². The Morgan fingerprint density at radius 3 is 2.43 bits per heavy atom. The second-order valence-corrected chi connectivity index (χ2v) is 1.55. The predicted octanol–water partition coefficient (Wildman–Crippen LogP) is 2.19. The lowest BCUT2D eigenvalue weighted by molar-refractivity contribution is 0.937. The van der Waals surface area contributed by atoms with Crippen molar-refractivity contribution in [2.75, 3.05) is 0 Å². The first-order valence-electron chi connectivity index (χ1n) is 2.44. The van der Waals surface area contributed by atoms with Gasteiger partial charge in [0.05, 0.1) is 0 Å². The van der Waals surface area contributed by atoms with Gasteiger partial charge in [-0.3, -0.25) is 0 Å². The third-order valence-electron chi connectivity index (χ3n) is 0.801. The van der Waals surface area contributed by atoms with Crippen molar-refractivity contribution in [2.45, 2.75) is 13.8 Å². The van der Waals surface area contributed by atoms with Crippen LogP contribution in [0.5, 0.6) is 0 Å². The fourth-order valence-electron chi connectivity index (χ4n) is 0.331. The summed E-state index contributed by atoms with van der Waals surface area (Å²) in [6.07, 6.45) is 6.79. The molecule has 1 unspecified atom stereocenters. The van der Waals surface area contributed by atoms with Crippen LogP contribution in [0.4, 0.5) is 0 Å². The van der Waals surface area contributed by atoms with Gasteiger partial charge in [-0.2, -0.15) is 0 Å². The maximum Gasteiger partial charge on any atom is -0.00788 e. The van der Waals surface area contributed by atoms with Crippen molar-refractivity contribution in [3.05, 3.63) is 24.8 Å². The van der Waals surface area contributed by atoms with Crippen LogP contribution in [0.25, 0.3) is 0 Å². The summed E-state index contributed by atoms with van der Waals surface area (Å²) in [5.41, 5.74) is 0. The smallest absolute Gasteiger partial charge is 0.00788 e. The third-order valence-corrected chi connectivity index (χ3v) is 0.801. The monoisotopic (exact) mass is 95.1 g/mol. The molecule has 0 rings (SSSR count). The largest absolute Gasteiger partial charge is 0.102 e. The molecule has 0 aliphatic heterocycles. The second-order valence-electron chi connectivity index (χ2n) is 1.55. The van der Waals surface area contributed by atoms with E-state index in [0.29, 0.717) is 5.92 Å². The van der Waals surface area contributed by atoms with E-state index in [1.54, 1.807) is 0 Å². The summed E-state index contributed by atoms with van der Waals surface area (Å²) in [5, 5.41) is 0. The van der Waals surface area contributed by atoms with Crippen LogP contribution in [0.3, 0.4) is 0 Å². The van der Waals surface area contributed by atoms with Gasteiger partial charge in [-0.15, -0.1) is 6.58 Å². The number of hydrogen-bond donors (Lipinski definition) is 0. The Bertz CT molecular complexity index is 70.1. The van der Waals surface area contributed by atoms with Gasteiger partial charge in [0, 0.05) is 0 Å². The minimum atomic E-state index is 0.477. The third kappa shape index (κ3) is 3.31. The van der Waals surface area contributed by atoms with Gasteiger partial charge in [-0.05, 0) is 12.8 Å². The Kier molecular flexibility index (Phi) is 3.39. The summed E-state index contributed by atoms with van der Waals surface area (Å²) in [5.74, 6) is 0.477. The van der Waals surface area contributed by atoms with E-state index < -0.39 is 0 Å². The molecule has 0 bridgehead atoms. The first-order valence-corrected chi connectivity index (χ1v) is 2.44. The van der Waals surface area contributed by atoms with Crippen molar-refractivity contribution in [3.63, 3.8) is 0 Å². The molecule has 0 N–H and O–H groups in total. The summed E-state index contributed by atoms with van der Waals surface area (Å²) in [6, 6.07) is 0. The molecule has 0 fully saturated rings. The molecular weight excluding hydrogens is 84.1 g/mol. The number of hydrogen-bond acceptors (Lipinski definition) is 0. The first-order chi connectivity index (χ1) is 3.31. The molecule has 0 amide bonds.